The van der Waals surface area contributed by atoms with Crippen LogP contribution in [0.1, 0.15) is 70.2 Å². The molecule has 4 atom stereocenters. The Morgan fingerprint density at radius 3 is 2.28 bits per heavy atom. The number of nitrogens with one attached hydrogen (secondary N) is 3. The van der Waals surface area contributed by atoms with Crippen molar-refractivity contribution in [2.24, 2.45) is 11.8 Å². The molecule has 0 bridgehead atoms. The number of piperazine rings is 1. The van der Waals surface area contributed by atoms with E-state index >= 15 is 0 Å². The zero-order chi connectivity index (χ0) is 46.7. The van der Waals surface area contributed by atoms with Crippen LogP contribution < -0.4 is 20.3 Å². The monoisotopic (exact) mass is 907 g/mol. The van der Waals surface area contributed by atoms with Gasteiger partial charge in [-0.1, -0.05) is 49.7 Å². The number of rotatable bonds is 10. The Labute approximate surface area is 373 Å². The molecule has 2 aliphatic heterocycles. The number of nitrogens with zero attached hydrogens (tertiary/aromatic N) is 6. The SMILES string of the molecule is COC(=O)NC(C(=O)N1CC(C#N)CC1c1ncc(-c2ccc(-c3cc(Cl)c(NC(=O)c4ccc(N5CCN(C(=O)OC(C)(C)C)C[C@H]5C)nc4)cc3OC(F)(F)F)cc2)[nH]1)C(C)C. The number of nitriles is 1. The highest BCUT2D eigenvalue weighted by atomic mass is 35.5. The van der Waals surface area contributed by atoms with Crippen molar-refractivity contribution in [2.75, 3.05) is 43.5 Å². The van der Waals surface area contributed by atoms with Crippen LogP contribution in [0.2, 0.25) is 5.02 Å². The minimum Gasteiger partial charge on any atom is -0.453 e. The Balaban J connectivity index is 1.17. The molecule has 2 aromatic carbocycles. The van der Waals surface area contributed by atoms with Crippen molar-refractivity contribution in [1.82, 2.24) is 30.1 Å². The van der Waals surface area contributed by atoms with Gasteiger partial charge in [0.25, 0.3) is 5.91 Å². The lowest BCUT2D eigenvalue weighted by atomic mass is 10.0. The van der Waals surface area contributed by atoms with Crippen LogP contribution in [0.4, 0.5) is 34.3 Å². The number of imidazole rings is 1. The lowest BCUT2D eigenvalue weighted by molar-refractivity contribution is -0.274. The maximum absolute atomic E-state index is 13.8. The van der Waals surface area contributed by atoms with Crippen LogP contribution in [0, 0.1) is 23.2 Å². The second-order valence-electron chi connectivity index (χ2n) is 16.9. The van der Waals surface area contributed by atoms with Gasteiger partial charge in [0.1, 0.15) is 29.0 Å². The highest BCUT2D eigenvalue weighted by Gasteiger charge is 2.42. The molecular weight excluding hydrogens is 859 g/mol. The van der Waals surface area contributed by atoms with Gasteiger partial charge >= 0.3 is 18.5 Å². The molecule has 2 fully saturated rings. The van der Waals surface area contributed by atoms with Gasteiger partial charge in [-0.15, -0.1) is 13.2 Å². The highest BCUT2D eigenvalue weighted by Crippen LogP contribution is 2.41. The summed E-state index contributed by atoms with van der Waals surface area (Å²) in [5.41, 5.74) is 0.799. The number of halogens is 4. The Kier molecular flexibility index (Phi) is 14.0. The molecule has 0 saturated carbocycles. The average molecular weight is 908 g/mol. The summed E-state index contributed by atoms with van der Waals surface area (Å²) in [7, 11) is 1.20. The van der Waals surface area contributed by atoms with Crippen molar-refractivity contribution >= 4 is 47.1 Å². The first kappa shape index (κ1) is 46.9. The van der Waals surface area contributed by atoms with Gasteiger partial charge in [-0.05, 0) is 69.4 Å². The molecule has 16 nitrogen and oxygen atoms in total. The minimum atomic E-state index is -5.09. The molecule has 4 heterocycles. The first-order valence-electron chi connectivity index (χ1n) is 20.5. The second kappa shape index (κ2) is 19.1. The smallest absolute Gasteiger partial charge is 0.453 e. The summed E-state index contributed by atoms with van der Waals surface area (Å²) in [5, 5.41) is 14.8. The molecule has 0 aliphatic carbocycles. The molecule has 6 rings (SSSR count). The van der Waals surface area contributed by atoms with Crippen LogP contribution in [0.25, 0.3) is 22.4 Å². The van der Waals surface area contributed by atoms with Crippen molar-refractivity contribution in [3.63, 3.8) is 0 Å². The molecule has 0 radical (unpaired) electrons. The van der Waals surface area contributed by atoms with E-state index in [1.165, 1.54) is 30.3 Å². The normalized spacial score (nSPS) is 18.3. The van der Waals surface area contributed by atoms with E-state index in [2.05, 4.69) is 36.4 Å². The van der Waals surface area contributed by atoms with E-state index in [-0.39, 0.29) is 40.3 Å². The number of carbonyl (C=O) groups excluding carboxylic acids is 4. The highest BCUT2D eigenvalue weighted by molar-refractivity contribution is 6.34. The second-order valence-corrected chi connectivity index (χ2v) is 17.3. The molecule has 340 valence electrons. The van der Waals surface area contributed by atoms with Gasteiger partial charge in [0.2, 0.25) is 5.91 Å². The van der Waals surface area contributed by atoms with Crippen molar-refractivity contribution in [3.8, 4) is 34.2 Å². The lowest BCUT2D eigenvalue weighted by Gasteiger charge is -2.40. The van der Waals surface area contributed by atoms with Crippen LogP contribution in [-0.2, 0) is 14.3 Å². The molecular formula is C44H49ClF3N9O7. The summed E-state index contributed by atoms with van der Waals surface area (Å²) >= 11 is 6.58. The number of alkyl halides is 3. The van der Waals surface area contributed by atoms with Crippen molar-refractivity contribution < 1.29 is 46.6 Å². The number of H-pyrrole nitrogens is 1. The summed E-state index contributed by atoms with van der Waals surface area (Å²) in [6.07, 6.45) is -3.06. The first-order chi connectivity index (χ1) is 30.1. The van der Waals surface area contributed by atoms with Crippen molar-refractivity contribution in [2.45, 2.75) is 78.1 Å². The van der Waals surface area contributed by atoms with Gasteiger partial charge in [0, 0.05) is 50.0 Å². The third kappa shape index (κ3) is 11.1. The largest absolute Gasteiger partial charge is 0.573 e. The molecule has 64 heavy (non-hydrogen) atoms. The number of methoxy groups -OCH3 is 1. The third-order valence-corrected chi connectivity index (χ3v) is 11.0. The molecule has 2 aliphatic rings. The van der Waals surface area contributed by atoms with E-state index in [1.54, 1.807) is 76.0 Å². The van der Waals surface area contributed by atoms with E-state index in [9.17, 15) is 37.6 Å². The molecule has 4 amide bonds. The maximum Gasteiger partial charge on any atom is 0.573 e. The predicted molar refractivity (Wildman–Crippen MR) is 230 cm³/mol. The molecule has 3 unspecified atom stereocenters. The zero-order valence-electron chi connectivity index (χ0n) is 36.2. The fourth-order valence-corrected chi connectivity index (χ4v) is 7.76. The standard InChI is InChI=1S/C44H49ClF3N9O7/c1-24(2)37(54-41(60)62-7)40(59)57-23-26(19-49)16-34(57)38-51-21-33(52-38)28-10-8-27(9-11-28)30-17-31(45)32(18-35(30)63-44(46,47)48)53-39(58)29-12-13-36(50-20-29)56-15-14-55(22-25(56)3)42(61)64-43(4,5)6/h8-13,17-18,20-21,24-26,34,37H,14-16,22-23H2,1-7H3,(H,51,52)(H,53,58)(H,54,60)/t25-,26?,34?,37?/m1/s1. The van der Waals surface area contributed by atoms with Crippen molar-refractivity contribution in [3.05, 3.63) is 77.3 Å². The fraction of sp³-hybridized carbons (Fsp3) is 0.432. The van der Waals surface area contributed by atoms with Gasteiger partial charge in [0.05, 0.1) is 53.3 Å². The lowest BCUT2D eigenvalue weighted by Crippen LogP contribution is -2.54. The predicted octanol–water partition coefficient (Wildman–Crippen LogP) is 8.18. The van der Waals surface area contributed by atoms with E-state index in [0.717, 1.165) is 6.07 Å². The number of carbonyl (C=O) groups is 4. The molecule has 0 spiro atoms. The van der Waals surface area contributed by atoms with Gasteiger partial charge in [-0.3, -0.25) is 9.59 Å². The number of anilines is 2. The summed E-state index contributed by atoms with van der Waals surface area (Å²) < 4.78 is 56.0. The van der Waals surface area contributed by atoms with Gasteiger partial charge in [0.15, 0.2) is 0 Å². The molecule has 20 heteroatoms. The first-order valence-corrected chi connectivity index (χ1v) is 20.8. The molecule has 2 saturated heterocycles. The summed E-state index contributed by atoms with van der Waals surface area (Å²) in [6, 6.07) is 12.5. The maximum atomic E-state index is 13.8. The Bertz CT molecular complexity index is 2400. The number of aromatic amines is 1. The van der Waals surface area contributed by atoms with E-state index < -0.39 is 59.7 Å². The van der Waals surface area contributed by atoms with E-state index in [0.29, 0.717) is 54.5 Å². The molecule has 2 aromatic heterocycles. The average Bonchev–Trinajstić information content (AvgIpc) is 3.91. The van der Waals surface area contributed by atoms with E-state index in [4.69, 9.17) is 21.1 Å². The Morgan fingerprint density at radius 1 is 0.984 bits per heavy atom. The fourth-order valence-electron chi connectivity index (χ4n) is 7.55. The number of alkyl carbamates (subject to hydrolysis) is 1. The van der Waals surface area contributed by atoms with E-state index in [1.807, 2.05) is 11.8 Å². The number of amides is 4. The number of benzene rings is 2. The molecule has 3 N–H and O–H groups in total. The van der Waals surface area contributed by atoms with Crippen LogP contribution in [-0.4, -0.2) is 106 Å². The van der Waals surface area contributed by atoms with Crippen molar-refractivity contribution in [1.29, 1.82) is 5.26 Å². The topological polar surface area (TPSA) is 195 Å². The minimum absolute atomic E-state index is 0.00740. The number of hydrogen-bond acceptors (Lipinski definition) is 11. The summed E-state index contributed by atoms with van der Waals surface area (Å²) in [4.78, 5) is 69.0. The van der Waals surface area contributed by atoms with Gasteiger partial charge < -0.3 is 44.5 Å². The van der Waals surface area contributed by atoms with Crippen LogP contribution in [0.15, 0.2) is 60.9 Å². The summed E-state index contributed by atoms with van der Waals surface area (Å²) in [6.45, 7) is 12.3. The molecule has 4 aromatic rings. The quantitative estimate of drug-likeness (QED) is 0.139. The Hall–Kier alpha value is -6.55. The zero-order valence-corrected chi connectivity index (χ0v) is 37.0. The number of ether oxygens (including phenoxy) is 3. The third-order valence-electron chi connectivity index (χ3n) is 10.7. The number of hydrogen-bond donors (Lipinski definition) is 3. The van der Waals surface area contributed by atoms with Gasteiger partial charge in [-0.25, -0.2) is 19.6 Å². The van der Waals surface area contributed by atoms with Crippen LogP contribution >= 0.6 is 11.6 Å². The number of likely N-dealkylation sites (tertiary alicyclic amines) is 1. The van der Waals surface area contributed by atoms with Gasteiger partial charge in [-0.2, -0.15) is 5.26 Å². The number of aromatic nitrogens is 3. The summed E-state index contributed by atoms with van der Waals surface area (Å²) in [5.74, 6) is -1.47. The number of pyridine rings is 1. The van der Waals surface area contributed by atoms with Crippen LogP contribution in [0.3, 0.4) is 0 Å². The van der Waals surface area contributed by atoms with Crippen LogP contribution in [0.5, 0.6) is 5.75 Å². The Morgan fingerprint density at radius 2 is 1.69 bits per heavy atom.